The molecular formula is C5H2N5O5P. The van der Waals surface area contributed by atoms with Crippen molar-refractivity contribution in [3.8, 4) is 6.01 Å². The maximum absolute atomic E-state index is 11.7. The molecule has 2 aromatic heterocycles. The number of rotatable bonds is 0. The largest absolute Gasteiger partial charge is 0.689 e. The van der Waals surface area contributed by atoms with Gasteiger partial charge in [-0.3, -0.25) is 9.25 Å². The van der Waals surface area contributed by atoms with Gasteiger partial charge in [-0.15, -0.1) is 0 Å². The van der Waals surface area contributed by atoms with Crippen molar-refractivity contribution < 1.29 is 18.3 Å². The Morgan fingerprint density at radius 1 is 1.25 bits per heavy atom. The number of aromatic nitrogens is 4. The predicted molar refractivity (Wildman–Crippen MR) is 47.6 cm³/mol. The average molecular weight is 243 g/mol. The summed E-state index contributed by atoms with van der Waals surface area (Å²) in [5.74, 6) is -0.0781. The minimum Gasteiger partial charge on any atom is -0.382 e. The summed E-state index contributed by atoms with van der Waals surface area (Å²) in [4.78, 5) is 18.8. The zero-order valence-corrected chi connectivity index (χ0v) is 8.25. The summed E-state index contributed by atoms with van der Waals surface area (Å²) in [5.41, 5.74) is 4.98. The molecule has 0 fully saturated rings. The first-order valence-electron chi connectivity index (χ1n) is 4.08. The van der Waals surface area contributed by atoms with E-state index < -0.39 is 13.5 Å². The van der Waals surface area contributed by atoms with Gasteiger partial charge in [0.05, 0.1) is 0 Å². The Morgan fingerprint density at radius 3 is 2.81 bits per heavy atom. The molecular weight excluding hydrogens is 241 g/mol. The SMILES string of the molecule is Nc1nc(=O)n2c3c1nc1n3OP(=O)(O1)O2. The van der Waals surface area contributed by atoms with Crippen molar-refractivity contribution in [2.75, 3.05) is 5.73 Å². The number of anilines is 1. The van der Waals surface area contributed by atoms with Gasteiger partial charge in [-0.1, -0.05) is 9.46 Å². The highest BCUT2D eigenvalue weighted by Crippen LogP contribution is 2.52. The molecule has 0 saturated carbocycles. The van der Waals surface area contributed by atoms with E-state index in [1.54, 1.807) is 0 Å². The molecule has 0 radical (unpaired) electrons. The van der Waals surface area contributed by atoms with Gasteiger partial charge in [-0.25, -0.2) is 4.79 Å². The molecule has 0 amide bonds. The summed E-state index contributed by atoms with van der Waals surface area (Å²) in [6, 6.07) is -0.0799. The van der Waals surface area contributed by atoms with Gasteiger partial charge in [0.15, 0.2) is 11.3 Å². The van der Waals surface area contributed by atoms with Crippen molar-refractivity contribution in [3.63, 3.8) is 0 Å². The van der Waals surface area contributed by atoms with Crippen molar-refractivity contribution >= 4 is 24.8 Å². The van der Waals surface area contributed by atoms with Crippen molar-refractivity contribution in [2.45, 2.75) is 0 Å². The van der Waals surface area contributed by atoms with Gasteiger partial charge < -0.3 is 10.3 Å². The molecule has 2 aliphatic rings. The molecule has 10 nitrogen and oxygen atoms in total. The second-order valence-electron chi connectivity index (χ2n) is 3.14. The van der Waals surface area contributed by atoms with E-state index in [-0.39, 0.29) is 23.0 Å². The lowest BCUT2D eigenvalue weighted by atomic mass is 10.5. The van der Waals surface area contributed by atoms with E-state index in [1.807, 2.05) is 0 Å². The van der Waals surface area contributed by atoms with Crippen LogP contribution in [-0.4, -0.2) is 19.4 Å². The van der Waals surface area contributed by atoms with E-state index in [0.29, 0.717) is 4.73 Å². The van der Waals surface area contributed by atoms with Gasteiger partial charge in [0.1, 0.15) is 0 Å². The number of fused-ring (bicyclic) bond motifs is 1. The van der Waals surface area contributed by atoms with Gasteiger partial charge >= 0.3 is 19.5 Å². The fourth-order valence-corrected chi connectivity index (χ4v) is 2.68. The number of nitrogen functional groups attached to an aromatic ring is 1. The molecule has 2 N–H and O–H groups in total. The number of nitrogens with zero attached hydrogens (tertiary/aromatic N) is 4. The minimum absolute atomic E-state index is 0.0781. The van der Waals surface area contributed by atoms with Crippen molar-refractivity contribution in [3.05, 3.63) is 10.5 Å². The van der Waals surface area contributed by atoms with Crippen molar-refractivity contribution in [2.24, 2.45) is 0 Å². The number of nitrogens with two attached hydrogens (primary N) is 1. The molecule has 1 atom stereocenters. The molecule has 0 aliphatic carbocycles. The first-order valence-corrected chi connectivity index (χ1v) is 5.54. The number of phosphoric acid groups is 1. The zero-order valence-electron chi connectivity index (χ0n) is 7.35. The normalized spacial score (nSPS) is 24.2. The molecule has 1 unspecified atom stereocenters. The number of hydrogen-bond acceptors (Lipinski definition) is 8. The van der Waals surface area contributed by atoms with Crippen LogP contribution in [0.4, 0.5) is 5.82 Å². The second kappa shape index (κ2) is 2.00. The van der Waals surface area contributed by atoms with Crippen LogP contribution < -0.4 is 25.2 Å². The van der Waals surface area contributed by atoms with Crippen LogP contribution in [0.2, 0.25) is 0 Å². The van der Waals surface area contributed by atoms with Crippen LogP contribution in [-0.2, 0) is 4.57 Å². The van der Waals surface area contributed by atoms with Crippen LogP contribution in [0.15, 0.2) is 4.79 Å². The lowest BCUT2D eigenvalue weighted by molar-refractivity contribution is 0.141. The summed E-state index contributed by atoms with van der Waals surface area (Å²) in [6.45, 7) is 0. The van der Waals surface area contributed by atoms with Crippen LogP contribution in [0.1, 0.15) is 0 Å². The Kier molecular flexibility index (Phi) is 0.999. The fourth-order valence-electron chi connectivity index (χ4n) is 1.57. The standard InChI is InChI=1S/C5H2N5O5P/c6-2-1-3-9(4(11)8-2)14-16(12)13-5(7-1)10(3)15-16/h(H2,6,8,11). The highest BCUT2D eigenvalue weighted by molar-refractivity contribution is 7.49. The topological polar surface area (TPSA) is 123 Å². The monoisotopic (exact) mass is 243 g/mol. The van der Waals surface area contributed by atoms with Gasteiger partial charge in [-0.05, 0) is 0 Å². The summed E-state index contributed by atoms with van der Waals surface area (Å²) in [5, 5.41) is 0. The first-order chi connectivity index (χ1) is 7.57. The molecule has 2 aromatic rings. The Labute approximate surface area is 85.7 Å². The quantitative estimate of drug-likeness (QED) is 0.557. The molecule has 0 spiro atoms. The highest BCUT2D eigenvalue weighted by Gasteiger charge is 2.50. The van der Waals surface area contributed by atoms with E-state index in [1.165, 1.54) is 0 Å². The third kappa shape index (κ3) is 0.683. The van der Waals surface area contributed by atoms with Crippen LogP contribution in [0.25, 0.3) is 11.2 Å². The number of hydrogen-bond donors (Lipinski definition) is 1. The molecule has 82 valence electrons. The van der Waals surface area contributed by atoms with Gasteiger partial charge in [0.25, 0.3) is 0 Å². The smallest absolute Gasteiger partial charge is 0.382 e. The minimum atomic E-state index is -3.83. The lowest BCUT2D eigenvalue weighted by Crippen LogP contribution is -2.34. The Morgan fingerprint density at radius 2 is 2.00 bits per heavy atom. The summed E-state index contributed by atoms with van der Waals surface area (Å²) >= 11 is 0. The fraction of sp³-hybridized carbons (Fsp3) is 0. The predicted octanol–water partition coefficient (Wildman–Crippen LogP) is -1.45. The molecule has 4 heterocycles. The van der Waals surface area contributed by atoms with Crippen LogP contribution >= 0.6 is 7.82 Å². The Balaban J connectivity index is 2.33. The maximum atomic E-state index is 11.7. The summed E-state index contributed by atoms with van der Waals surface area (Å²) < 4.78 is 27.8. The van der Waals surface area contributed by atoms with Gasteiger partial charge in [-0.2, -0.15) is 14.5 Å². The highest BCUT2D eigenvalue weighted by atomic mass is 31.2. The Hall–Kier alpha value is -2.22. The molecule has 16 heavy (non-hydrogen) atoms. The number of imidazole rings is 1. The first kappa shape index (κ1) is 7.99. The molecule has 2 bridgehead atoms. The molecule has 4 rings (SSSR count). The second-order valence-corrected chi connectivity index (χ2v) is 4.54. The molecule has 0 saturated heterocycles. The van der Waals surface area contributed by atoms with Crippen LogP contribution in [0, 0.1) is 0 Å². The average Bonchev–Trinajstić information content (AvgIpc) is 2.63. The van der Waals surface area contributed by atoms with Crippen molar-refractivity contribution in [1.82, 2.24) is 19.4 Å². The molecule has 0 aromatic carbocycles. The zero-order chi connectivity index (χ0) is 11.1. The van der Waals surface area contributed by atoms with E-state index >= 15 is 0 Å². The molecule has 2 aliphatic heterocycles. The maximum Gasteiger partial charge on any atom is 0.689 e. The van der Waals surface area contributed by atoms with E-state index in [4.69, 9.17) is 19.5 Å². The molecule has 11 heteroatoms. The summed E-state index contributed by atoms with van der Waals surface area (Å²) in [6.07, 6.45) is 0. The van der Waals surface area contributed by atoms with Gasteiger partial charge in [0, 0.05) is 0 Å². The summed E-state index contributed by atoms with van der Waals surface area (Å²) in [7, 11) is -3.83. The lowest BCUT2D eigenvalue weighted by Gasteiger charge is -2.16. The van der Waals surface area contributed by atoms with Crippen molar-refractivity contribution in [1.29, 1.82) is 0 Å². The van der Waals surface area contributed by atoms with E-state index in [0.717, 1.165) is 4.73 Å². The van der Waals surface area contributed by atoms with Crippen LogP contribution in [0.5, 0.6) is 6.01 Å². The Bertz CT molecular complexity index is 761. The van der Waals surface area contributed by atoms with E-state index in [2.05, 4.69) is 9.97 Å². The third-order valence-corrected chi connectivity index (χ3v) is 3.28. The van der Waals surface area contributed by atoms with Crippen LogP contribution in [0.3, 0.4) is 0 Å². The third-order valence-electron chi connectivity index (χ3n) is 2.17. The van der Waals surface area contributed by atoms with Gasteiger partial charge in [0.2, 0.25) is 5.65 Å². The van der Waals surface area contributed by atoms with E-state index in [9.17, 15) is 9.36 Å².